The summed E-state index contributed by atoms with van der Waals surface area (Å²) in [7, 11) is 0. The molecule has 3 nitrogen and oxygen atoms in total. The molecule has 1 aliphatic heterocycles. The summed E-state index contributed by atoms with van der Waals surface area (Å²) in [5.74, 6) is 0. The molecule has 2 rings (SSSR count). The lowest BCUT2D eigenvalue weighted by Crippen LogP contribution is -2.43. The molecule has 1 N–H and O–H groups in total. The van der Waals surface area contributed by atoms with Crippen molar-refractivity contribution in [1.82, 2.24) is 10.2 Å². The summed E-state index contributed by atoms with van der Waals surface area (Å²) in [6, 6.07) is 7.58. The number of halogens is 1. The molecule has 1 aromatic carbocycles. The van der Waals surface area contributed by atoms with Crippen molar-refractivity contribution in [3.8, 4) is 0 Å². The number of hydrogen-bond donors (Lipinski definition) is 1. The molecule has 1 unspecified atom stereocenters. The van der Waals surface area contributed by atoms with E-state index in [9.17, 15) is 4.79 Å². The maximum absolute atomic E-state index is 12.1. The van der Waals surface area contributed by atoms with Crippen molar-refractivity contribution >= 4 is 17.6 Å². The molecule has 1 aromatic rings. The summed E-state index contributed by atoms with van der Waals surface area (Å²) in [6.45, 7) is 3.69. The first-order valence-electron chi connectivity index (χ1n) is 6.48. The van der Waals surface area contributed by atoms with Crippen LogP contribution in [0.5, 0.6) is 0 Å². The zero-order valence-corrected chi connectivity index (χ0v) is 11.4. The number of hydrogen-bond acceptors (Lipinski definition) is 1. The number of benzene rings is 1. The lowest BCUT2D eigenvalue weighted by molar-refractivity contribution is 0.183. The van der Waals surface area contributed by atoms with Gasteiger partial charge in [-0.2, -0.15) is 0 Å². The van der Waals surface area contributed by atoms with Crippen LogP contribution in [0.4, 0.5) is 4.79 Å². The van der Waals surface area contributed by atoms with Crippen molar-refractivity contribution < 1.29 is 4.79 Å². The van der Waals surface area contributed by atoms with Gasteiger partial charge in [-0.05, 0) is 37.8 Å². The standard InChI is InChI=1S/C14H19ClN2O/c1-11(12-7-3-4-8-13(12)15)16-14(18)17-9-5-2-6-10-17/h3-4,7-8,11H,2,5-6,9-10H2,1H3,(H,16,18). The number of rotatable bonds is 2. The normalized spacial score (nSPS) is 17.3. The summed E-state index contributed by atoms with van der Waals surface area (Å²) in [5.41, 5.74) is 0.963. The maximum Gasteiger partial charge on any atom is 0.317 e. The van der Waals surface area contributed by atoms with Crippen LogP contribution in [0.2, 0.25) is 5.02 Å². The van der Waals surface area contributed by atoms with Crippen LogP contribution in [0.25, 0.3) is 0 Å². The van der Waals surface area contributed by atoms with Crippen molar-refractivity contribution in [1.29, 1.82) is 0 Å². The second kappa shape index (κ2) is 6.10. The highest BCUT2D eigenvalue weighted by Gasteiger charge is 2.19. The van der Waals surface area contributed by atoms with Crippen molar-refractivity contribution in [2.75, 3.05) is 13.1 Å². The van der Waals surface area contributed by atoms with Gasteiger partial charge in [-0.25, -0.2) is 4.79 Å². The van der Waals surface area contributed by atoms with Gasteiger partial charge in [0.2, 0.25) is 0 Å². The Hall–Kier alpha value is -1.22. The number of carbonyl (C=O) groups excluding carboxylic acids is 1. The molecule has 0 saturated carbocycles. The molecular formula is C14H19ClN2O. The van der Waals surface area contributed by atoms with E-state index in [-0.39, 0.29) is 12.1 Å². The molecule has 1 heterocycles. The van der Waals surface area contributed by atoms with E-state index < -0.39 is 0 Å². The van der Waals surface area contributed by atoms with Crippen molar-refractivity contribution in [3.63, 3.8) is 0 Å². The highest BCUT2D eigenvalue weighted by Crippen LogP contribution is 2.22. The fraction of sp³-hybridized carbons (Fsp3) is 0.500. The van der Waals surface area contributed by atoms with E-state index in [0.29, 0.717) is 5.02 Å². The Balaban J connectivity index is 1.96. The third kappa shape index (κ3) is 3.16. The van der Waals surface area contributed by atoms with E-state index in [4.69, 9.17) is 11.6 Å². The predicted octanol–water partition coefficient (Wildman–Crippen LogP) is 3.60. The molecule has 98 valence electrons. The summed E-state index contributed by atoms with van der Waals surface area (Å²) >= 11 is 6.12. The maximum atomic E-state index is 12.1. The lowest BCUT2D eigenvalue weighted by atomic mass is 10.1. The number of amides is 2. The van der Waals surface area contributed by atoms with Gasteiger partial charge < -0.3 is 10.2 Å². The van der Waals surface area contributed by atoms with E-state index in [0.717, 1.165) is 31.5 Å². The average molecular weight is 267 g/mol. The Kier molecular flexibility index (Phi) is 4.48. The summed E-state index contributed by atoms with van der Waals surface area (Å²) in [4.78, 5) is 14.0. The molecule has 0 spiro atoms. The smallest absolute Gasteiger partial charge is 0.317 e. The van der Waals surface area contributed by atoms with Crippen LogP contribution in [0.1, 0.15) is 37.8 Å². The molecule has 1 aliphatic rings. The summed E-state index contributed by atoms with van der Waals surface area (Å²) in [6.07, 6.45) is 3.44. The largest absolute Gasteiger partial charge is 0.331 e. The molecule has 18 heavy (non-hydrogen) atoms. The van der Waals surface area contributed by atoms with E-state index in [1.54, 1.807) is 0 Å². The average Bonchev–Trinajstić information content (AvgIpc) is 2.40. The Bertz CT molecular complexity index is 416. The summed E-state index contributed by atoms with van der Waals surface area (Å²) < 4.78 is 0. The van der Waals surface area contributed by atoms with Crippen molar-refractivity contribution in [2.24, 2.45) is 0 Å². The van der Waals surface area contributed by atoms with Crippen LogP contribution in [0, 0.1) is 0 Å². The third-order valence-electron chi connectivity index (χ3n) is 3.35. The fourth-order valence-corrected chi connectivity index (χ4v) is 2.58. The Morgan fingerprint density at radius 2 is 1.94 bits per heavy atom. The highest BCUT2D eigenvalue weighted by molar-refractivity contribution is 6.31. The molecule has 2 amide bonds. The van der Waals surface area contributed by atoms with Crippen LogP contribution in [0.3, 0.4) is 0 Å². The molecule has 0 bridgehead atoms. The van der Waals surface area contributed by atoms with Gasteiger partial charge >= 0.3 is 6.03 Å². The van der Waals surface area contributed by atoms with E-state index in [1.165, 1.54) is 6.42 Å². The Labute approximate surface area is 113 Å². The number of likely N-dealkylation sites (tertiary alicyclic amines) is 1. The van der Waals surface area contributed by atoms with Crippen molar-refractivity contribution in [3.05, 3.63) is 34.9 Å². The molecule has 1 saturated heterocycles. The van der Waals surface area contributed by atoms with Crippen LogP contribution in [0.15, 0.2) is 24.3 Å². The van der Waals surface area contributed by atoms with Crippen molar-refractivity contribution in [2.45, 2.75) is 32.2 Å². The molecule has 0 aliphatic carbocycles. The summed E-state index contributed by atoms with van der Waals surface area (Å²) in [5, 5.41) is 3.71. The number of nitrogens with zero attached hydrogens (tertiary/aromatic N) is 1. The first kappa shape index (κ1) is 13.2. The van der Waals surface area contributed by atoms with E-state index >= 15 is 0 Å². The SMILES string of the molecule is CC(NC(=O)N1CCCCC1)c1ccccc1Cl. The highest BCUT2D eigenvalue weighted by atomic mass is 35.5. The Morgan fingerprint density at radius 1 is 1.28 bits per heavy atom. The minimum absolute atomic E-state index is 0.0159. The van der Waals surface area contributed by atoms with Gasteiger partial charge in [-0.1, -0.05) is 29.8 Å². The molecule has 0 aromatic heterocycles. The van der Waals surface area contributed by atoms with Gasteiger partial charge in [0.1, 0.15) is 0 Å². The number of nitrogens with one attached hydrogen (secondary N) is 1. The molecule has 0 radical (unpaired) electrons. The minimum Gasteiger partial charge on any atom is -0.331 e. The topological polar surface area (TPSA) is 32.3 Å². The molecule has 1 atom stereocenters. The minimum atomic E-state index is -0.0619. The Morgan fingerprint density at radius 3 is 2.61 bits per heavy atom. The molecule has 1 fully saturated rings. The van der Waals surface area contributed by atoms with Crippen LogP contribution in [-0.2, 0) is 0 Å². The monoisotopic (exact) mass is 266 g/mol. The van der Waals surface area contributed by atoms with E-state index in [1.807, 2.05) is 36.1 Å². The van der Waals surface area contributed by atoms with Crippen LogP contribution in [-0.4, -0.2) is 24.0 Å². The zero-order valence-electron chi connectivity index (χ0n) is 10.7. The van der Waals surface area contributed by atoms with Gasteiger partial charge in [0.25, 0.3) is 0 Å². The second-order valence-corrected chi connectivity index (χ2v) is 5.15. The van der Waals surface area contributed by atoms with Gasteiger partial charge in [0.05, 0.1) is 6.04 Å². The molecule has 4 heteroatoms. The van der Waals surface area contributed by atoms with E-state index in [2.05, 4.69) is 5.32 Å². The zero-order chi connectivity index (χ0) is 13.0. The van der Waals surface area contributed by atoms with Gasteiger partial charge in [-0.15, -0.1) is 0 Å². The quantitative estimate of drug-likeness (QED) is 0.872. The first-order valence-corrected chi connectivity index (χ1v) is 6.86. The first-order chi connectivity index (χ1) is 8.68. The second-order valence-electron chi connectivity index (χ2n) is 4.74. The van der Waals surface area contributed by atoms with Gasteiger partial charge in [0, 0.05) is 18.1 Å². The number of urea groups is 1. The fourth-order valence-electron chi connectivity index (χ4n) is 2.28. The number of piperidine rings is 1. The lowest BCUT2D eigenvalue weighted by Gasteiger charge is -2.28. The van der Waals surface area contributed by atoms with Crippen LogP contribution < -0.4 is 5.32 Å². The molecular weight excluding hydrogens is 248 g/mol. The van der Waals surface area contributed by atoms with Gasteiger partial charge in [0.15, 0.2) is 0 Å². The van der Waals surface area contributed by atoms with Crippen LogP contribution >= 0.6 is 11.6 Å². The third-order valence-corrected chi connectivity index (χ3v) is 3.70. The number of carbonyl (C=O) groups is 1. The predicted molar refractivity (Wildman–Crippen MR) is 73.8 cm³/mol. The van der Waals surface area contributed by atoms with Gasteiger partial charge in [-0.3, -0.25) is 0 Å².